The molecule has 0 radical (unpaired) electrons. The number of carbonyl (C=O) groups excluding carboxylic acids is 2. The number of aromatic amines is 1. The van der Waals surface area contributed by atoms with Crippen LogP contribution in [0.3, 0.4) is 0 Å². The number of ketones is 1. The second-order valence-electron chi connectivity index (χ2n) is 9.59. The van der Waals surface area contributed by atoms with Gasteiger partial charge in [0.2, 0.25) is 0 Å². The fourth-order valence-electron chi connectivity index (χ4n) is 5.19. The van der Waals surface area contributed by atoms with Crippen LogP contribution < -0.4 is 14.2 Å². The Bertz CT molecular complexity index is 1620. The number of aliphatic hydroxyl groups is 1. The molecule has 1 aliphatic rings. The summed E-state index contributed by atoms with van der Waals surface area (Å²) in [7, 11) is 1.60. The summed E-state index contributed by atoms with van der Waals surface area (Å²) in [4.78, 5) is 31.7. The summed E-state index contributed by atoms with van der Waals surface area (Å²) in [6, 6.07) is 16.2. The number of methoxy groups -OCH3 is 1. The molecule has 5 rings (SSSR count). The van der Waals surface area contributed by atoms with Gasteiger partial charge in [0.1, 0.15) is 17.3 Å². The number of carbonyl (C=O) groups is 2. The molecule has 1 fully saturated rings. The number of aromatic nitrogens is 1. The van der Waals surface area contributed by atoms with E-state index in [2.05, 4.69) is 4.98 Å². The number of H-pyrrole nitrogens is 1. The highest BCUT2D eigenvalue weighted by Gasteiger charge is 2.46. The smallest absolute Gasteiger partial charge is 0.295 e. The predicted octanol–water partition coefficient (Wildman–Crippen LogP) is 5.34. The van der Waals surface area contributed by atoms with Crippen molar-refractivity contribution < 1.29 is 34.0 Å². The molecule has 9 nitrogen and oxygen atoms in total. The quantitative estimate of drug-likeness (QED) is 0.137. The van der Waals surface area contributed by atoms with E-state index in [-0.39, 0.29) is 29.4 Å². The van der Waals surface area contributed by atoms with Gasteiger partial charge in [0.25, 0.3) is 11.7 Å². The van der Waals surface area contributed by atoms with Crippen LogP contribution in [0.1, 0.15) is 36.6 Å². The van der Waals surface area contributed by atoms with Gasteiger partial charge in [-0.2, -0.15) is 0 Å². The lowest BCUT2D eigenvalue weighted by atomic mass is 9.94. The number of Topliss-reactive ketones (excluding diaryl/α,β-unsaturated/α-hetero) is 1. The Hall–Kier alpha value is -4.92. The van der Waals surface area contributed by atoms with Crippen molar-refractivity contribution in [1.29, 1.82) is 0 Å². The fourth-order valence-corrected chi connectivity index (χ4v) is 5.19. The molecule has 1 saturated heterocycles. The molecule has 1 atom stereocenters. The summed E-state index contributed by atoms with van der Waals surface area (Å²) in [5.74, 6) is -0.300. The van der Waals surface area contributed by atoms with Crippen LogP contribution >= 0.6 is 0 Å². The van der Waals surface area contributed by atoms with Crippen LogP contribution in [0.2, 0.25) is 0 Å². The highest BCUT2D eigenvalue weighted by molar-refractivity contribution is 6.46. The van der Waals surface area contributed by atoms with Crippen LogP contribution in [0.25, 0.3) is 16.7 Å². The highest BCUT2D eigenvalue weighted by Crippen LogP contribution is 2.42. The zero-order chi connectivity index (χ0) is 29.1. The number of ether oxygens (including phenoxy) is 3. The van der Waals surface area contributed by atoms with E-state index in [0.29, 0.717) is 42.3 Å². The lowest BCUT2D eigenvalue weighted by Gasteiger charge is -2.26. The number of likely N-dealkylation sites (tertiary alicyclic amines) is 1. The largest absolute Gasteiger partial charge is 0.507 e. The van der Waals surface area contributed by atoms with Gasteiger partial charge < -0.3 is 34.3 Å². The van der Waals surface area contributed by atoms with Crippen molar-refractivity contribution in [3.8, 4) is 23.0 Å². The Morgan fingerprint density at radius 2 is 1.68 bits per heavy atom. The van der Waals surface area contributed by atoms with E-state index in [9.17, 15) is 19.8 Å². The molecule has 212 valence electrons. The van der Waals surface area contributed by atoms with E-state index in [0.717, 1.165) is 16.5 Å². The lowest BCUT2D eigenvalue weighted by Crippen LogP contribution is -2.31. The zero-order valence-corrected chi connectivity index (χ0v) is 23.1. The minimum absolute atomic E-state index is 0.0344. The number of aliphatic hydroxyl groups excluding tert-OH is 1. The molecule has 1 aromatic heterocycles. The molecular formula is C32H32N2O7. The molecule has 1 amide bonds. The highest BCUT2D eigenvalue weighted by atomic mass is 16.5. The first-order valence-corrected chi connectivity index (χ1v) is 13.5. The van der Waals surface area contributed by atoms with Crippen molar-refractivity contribution in [2.75, 3.05) is 26.9 Å². The van der Waals surface area contributed by atoms with Gasteiger partial charge in [0.15, 0.2) is 11.5 Å². The standard InChI is InChI=1S/C32H32N2O7/c1-4-40-22-9-6-19(7-10-22)30(36)28-29(20-8-13-26(35)27(16-20)41-5-2)34(32(38)31(28)37)15-14-21-18-33-25-12-11-23(39-3)17-24(21)25/h6-13,16-18,29,33,35-36H,4-5,14-15H2,1-3H3/t29-/m1/s1. The average Bonchev–Trinajstić information content (AvgIpc) is 3.50. The number of fused-ring (bicyclic) bond motifs is 1. The minimum atomic E-state index is -0.902. The second kappa shape index (κ2) is 11.7. The molecule has 0 bridgehead atoms. The van der Waals surface area contributed by atoms with Crippen LogP contribution in [0.4, 0.5) is 0 Å². The first-order valence-electron chi connectivity index (χ1n) is 13.5. The molecule has 3 aromatic carbocycles. The van der Waals surface area contributed by atoms with Crippen molar-refractivity contribution >= 4 is 28.4 Å². The lowest BCUT2D eigenvalue weighted by molar-refractivity contribution is -0.139. The molecule has 4 aromatic rings. The normalized spacial score (nSPS) is 16.4. The minimum Gasteiger partial charge on any atom is -0.507 e. The maximum Gasteiger partial charge on any atom is 0.295 e. The predicted molar refractivity (Wildman–Crippen MR) is 154 cm³/mol. The second-order valence-corrected chi connectivity index (χ2v) is 9.59. The maximum atomic E-state index is 13.5. The third kappa shape index (κ3) is 5.30. The number of hydrogen-bond donors (Lipinski definition) is 3. The number of phenols is 1. The van der Waals surface area contributed by atoms with Gasteiger partial charge in [-0.05, 0) is 86.0 Å². The molecule has 1 aliphatic heterocycles. The van der Waals surface area contributed by atoms with Crippen molar-refractivity contribution in [1.82, 2.24) is 9.88 Å². The summed E-state index contributed by atoms with van der Waals surface area (Å²) in [6.07, 6.45) is 2.32. The van der Waals surface area contributed by atoms with E-state index in [4.69, 9.17) is 14.2 Å². The zero-order valence-electron chi connectivity index (χ0n) is 23.1. The van der Waals surface area contributed by atoms with Crippen molar-refractivity contribution in [2.45, 2.75) is 26.3 Å². The molecule has 41 heavy (non-hydrogen) atoms. The molecular weight excluding hydrogens is 524 g/mol. The fraction of sp³-hybridized carbons (Fsp3) is 0.250. The van der Waals surface area contributed by atoms with Gasteiger partial charge in [-0.1, -0.05) is 6.07 Å². The number of hydrogen-bond acceptors (Lipinski definition) is 7. The molecule has 0 saturated carbocycles. The first-order chi connectivity index (χ1) is 19.9. The van der Waals surface area contributed by atoms with Crippen LogP contribution in [-0.4, -0.2) is 58.7 Å². The maximum absolute atomic E-state index is 13.5. The monoisotopic (exact) mass is 556 g/mol. The molecule has 9 heteroatoms. The summed E-state index contributed by atoms with van der Waals surface area (Å²) in [5.41, 5.74) is 2.75. The Labute approximate surface area is 237 Å². The van der Waals surface area contributed by atoms with Crippen molar-refractivity contribution in [3.05, 3.63) is 89.1 Å². The van der Waals surface area contributed by atoms with Crippen LogP contribution in [0.5, 0.6) is 23.0 Å². The number of phenolic OH excluding ortho intramolecular Hbond substituents is 1. The molecule has 3 N–H and O–H groups in total. The first kappa shape index (κ1) is 27.6. The third-order valence-electron chi connectivity index (χ3n) is 7.17. The number of amides is 1. The van der Waals surface area contributed by atoms with Gasteiger partial charge in [-0.3, -0.25) is 9.59 Å². The number of nitrogens with zero attached hydrogens (tertiary/aromatic N) is 1. The Kier molecular flexibility index (Phi) is 7.87. The van der Waals surface area contributed by atoms with Crippen LogP contribution in [0.15, 0.2) is 72.4 Å². The topological polar surface area (TPSA) is 121 Å². The summed E-state index contributed by atoms with van der Waals surface area (Å²) in [5, 5.41) is 22.7. The van der Waals surface area contributed by atoms with Gasteiger partial charge in [0, 0.05) is 29.2 Å². The Morgan fingerprint density at radius 3 is 2.39 bits per heavy atom. The van der Waals surface area contributed by atoms with Crippen LogP contribution in [0, 0.1) is 0 Å². The van der Waals surface area contributed by atoms with E-state index in [1.165, 1.54) is 11.0 Å². The summed E-state index contributed by atoms with van der Waals surface area (Å²) < 4.78 is 16.5. The molecule has 2 heterocycles. The number of nitrogens with one attached hydrogen (secondary N) is 1. The molecule has 0 spiro atoms. The number of benzene rings is 3. The summed E-state index contributed by atoms with van der Waals surface area (Å²) in [6.45, 7) is 4.66. The van der Waals surface area contributed by atoms with Crippen LogP contribution in [-0.2, 0) is 16.0 Å². The Morgan fingerprint density at radius 1 is 0.951 bits per heavy atom. The van der Waals surface area contributed by atoms with E-state index in [1.54, 1.807) is 50.4 Å². The Balaban J connectivity index is 1.57. The van der Waals surface area contributed by atoms with Crippen molar-refractivity contribution in [2.24, 2.45) is 0 Å². The third-order valence-corrected chi connectivity index (χ3v) is 7.17. The van der Waals surface area contributed by atoms with Gasteiger partial charge >= 0.3 is 0 Å². The number of aromatic hydroxyl groups is 1. The molecule has 0 aliphatic carbocycles. The van der Waals surface area contributed by atoms with Crippen molar-refractivity contribution in [3.63, 3.8) is 0 Å². The van der Waals surface area contributed by atoms with Gasteiger partial charge in [-0.25, -0.2) is 0 Å². The van der Waals surface area contributed by atoms with E-state index in [1.807, 2.05) is 31.3 Å². The average molecular weight is 557 g/mol. The van der Waals surface area contributed by atoms with E-state index >= 15 is 0 Å². The number of rotatable bonds is 10. The van der Waals surface area contributed by atoms with E-state index < -0.39 is 17.7 Å². The van der Waals surface area contributed by atoms with Gasteiger partial charge in [-0.15, -0.1) is 0 Å². The summed E-state index contributed by atoms with van der Waals surface area (Å²) >= 11 is 0. The van der Waals surface area contributed by atoms with Gasteiger partial charge in [0.05, 0.1) is 31.9 Å². The molecule has 0 unspecified atom stereocenters. The SMILES string of the molecule is CCOc1ccc(C(O)=C2C(=O)C(=O)N(CCc3c[nH]c4ccc(OC)cc34)[C@@H]2c2ccc(O)c(OCC)c2)cc1.